The van der Waals surface area contributed by atoms with Gasteiger partial charge in [-0.1, -0.05) is 30.7 Å². The second-order valence-electron chi connectivity index (χ2n) is 9.65. The van der Waals surface area contributed by atoms with Gasteiger partial charge in [0.15, 0.2) is 17.3 Å². The smallest absolute Gasteiger partial charge is 0.337 e. The van der Waals surface area contributed by atoms with Crippen molar-refractivity contribution < 1.29 is 28.5 Å². The normalized spacial score (nSPS) is 19.9. The highest BCUT2D eigenvalue weighted by Crippen LogP contribution is 2.49. The van der Waals surface area contributed by atoms with Crippen LogP contribution in [0.2, 0.25) is 5.02 Å². The molecule has 0 radical (unpaired) electrons. The van der Waals surface area contributed by atoms with Crippen molar-refractivity contribution in [2.75, 3.05) is 21.3 Å². The molecule has 0 bridgehead atoms. The van der Waals surface area contributed by atoms with Gasteiger partial charge in [-0.3, -0.25) is 4.79 Å². The van der Waals surface area contributed by atoms with Gasteiger partial charge in [0.1, 0.15) is 0 Å². The van der Waals surface area contributed by atoms with E-state index in [2.05, 4.69) is 5.32 Å². The lowest BCUT2D eigenvalue weighted by Gasteiger charge is -2.37. The van der Waals surface area contributed by atoms with Crippen LogP contribution in [0.5, 0.6) is 17.2 Å². The number of carbonyl (C=O) groups is 2. The summed E-state index contributed by atoms with van der Waals surface area (Å²) in [5, 5.41) is 4.04. The lowest BCUT2D eigenvalue weighted by Crippen LogP contribution is -2.36. The number of Topliss-reactive ketones (excluding diaryl/α,β-unsaturated/α-hetero) is 1. The van der Waals surface area contributed by atoms with Gasteiger partial charge in [-0.15, -0.1) is 0 Å². The largest absolute Gasteiger partial charge is 0.493 e. The van der Waals surface area contributed by atoms with Crippen LogP contribution in [-0.4, -0.2) is 39.2 Å². The molecule has 0 saturated heterocycles. The van der Waals surface area contributed by atoms with Crippen LogP contribution in [-0.2, 0) is 14.3 Å². The Morgan fingerprint density at radius 1 is 1.03 bits per heavy atom. The molecule has 0 unspecified atom stereocenters. The van der Waals surface area contributed by atoms with Crippen LogP contribution in [0.3, 0.4) is 0 Å². The van der Waals surface area contributed by atoms with Gasteiger partial charge in [0.2, 0.25) is 5.75 Å². The van der Waals surface area contributed by atoms with Crippen molar-refractivity contribution in [2.45, 2.75) is 58.0 Å². The van der Waals surface area contributed by atoms with E-state index in [-0.39, 0.29) is 17.8 Å². The number of hydrogen-bond acceptors (Lipinski definition) is 7. The molecule has 0 spiro atoms. The SMILES string of the molecule is CC[C@H](C)OC(=O)C1=C(C)NC2=C(C(=O)C[C@@H](c3ccc(Cl)cc3)C2)[C@H]1c1cc(OC)c(OC)c(OC)c1. The molecular weight excluding hydrogens is 506 g/mol. The minimum absolute atomic E-state index is 0.00646. The number of hydrogen-bond donors (Lipinski definition) is 1. The third kappa shape index (κ3) is 5.25. The second kappa shape index (κ2) is 11.5. The average Bonchev–Trinajstić information content (AvgIpc) is 2.91. The Kier molecular flexibility index (Phi) is 8.36. The average molecular weight is 540 g/mol. The van der Waals surface area contributed by atoms with Gasteiger partial charge < -0.3 is 24.3 Å². The fourth-order valence-corrected chi connectivity index (χ4v) is 5.34. The molecule has 38 heavy (non-hydrogen) atoms. The van der Waals surface area contributed by atoms with Crippen molar-refractivity contribution >= 4 is 23.4 Å². The number of esters is 1. The van der Waals surface area contributed by atoms with E-state index in [1.54, 1.807) is 12.1 Å². The predicted octanol–water partition coefficient (Wildman–Crippen LogP) is 6.07. The van der Waals surface area contributed by atoms with E-state index in [1.807, 2.05) is 45.0 Å². The van der Waals surface area contributed by atoms with E-state index >= 15 is 0 Å². The summed E-state index contributed by atoms with van der Waals surface area (Å²) in [6.07, 6.45) is 1.34. The Labute approximate surface area is 228 Å². The number of ether oxygens (including phenoxy) is 4. The molecule has 0 aromatic heterocycles. The molecule has 1 heterocycles. The zero-order valence-electron chi connectivity index (χ0n) is 22.6. The maximum absolute atomic E-state index is 13.9. The predicted molar refractivity (Wildman–Crippen MR) is 146 cm³/mol. The van der Waals surface area contributed by atoms with Gasteiger partial charge in [-0.2, -0.15) is 0 Å². The van der Waals surface area contributed by atoms with Gasteiger partial charge in [0.25, 0.3) is 0 Å². The monoisotopic (exact) mass is 539 g/mol. The molecular formula is C30H34ClNO6. The van der Waals surface area contributed by atoms with Crippen LogP contribution in [0.4, 0.5) is 0 Å². The third-order valence-corrected chi connectivity index (χ3v) is 7.54. The number of halogens is 1. The first kappa shape index (κ1) is 27.6. The molecule has 0 fully saturated rings. The van der Waals surface area contributed by atoms with Crippen molar-refractivity contribution in [3.8, 4) is 17.2 Å². The second-order valence-corrected chi connectivity index (χ2v) is 10.1. The molecule has 0 amide bonds. The molecule has 1 aliphatic carbocycles. The number of benzene rings is 2. The van der Waals surface area contributed by atoms with Gasteiger partial charge in [-0.05, 0) is 68.0 Å². The zero-order chi connectivity index (χ0) is 27.6. The van der Waals surface area contributed by atoms with E-state index in [4.69, 9.17) is 30.5 Å². The highest BCUT2D eigenvalue weighted by molar-refractivity contribution is 6.30. The first-order valence-electron chi connectivity index (χ1n) is 12.7. The minimum Gasteiger partial charge on any atom is -0.493 e. The summed E-state index contributed by atoms with van der Waals surface area (Å²) >= 11 is 6.09. The first-order chi connectivity index (χ1) is 18.2. The Morgan fingerprint density at radius 2 is 1.66 bits per heavy atom. The van der Waals surface area contributed by atoms with Crippen LogP contribution >= 0.6 is 11.6 Å². The van der Waals surface area contributed by atoms with Gasteiger partial charge in [-0.25, -0.2) is 4.79 Å². The van der Waals surface area contributed by atoms with Crippen molar-refractivity contribution in [2.24, 2.45) is 0 Å². The van der Waals surface area contributed by atoms with Crippen LogP contribution < -0.4 is 19.5 Å². The number of carbonyl (C=O) groups excluding carboxylic acids is 2. The molecule has 2 aromatic rings. The van der Waals surface area contributed by atoms with Crippen LogP contribution in [0.25, 0.3) is 0 Å². The maximum atomic E-state index is 13.9. The summed E-state index contributed by atoms with van der Waals surface area (Å²) < 4.78 is 22.5. The summed E-state index contributed by atoms with van der Waals surface area (Å²) in [5.41, 5.74) is 4.15. The summed E-state index contributed by atoms with van der Waals surface area (Å²) in [6.45, 7) is 5.65. The molecule has 2 aliphatic rings. The quantitative estimate of drug-likeness (QED) is 0.408. The highest BCUT2D eigenvalue weighted by atomic mass is 35.5. The Bertz CT molecular complexity index is 1270. The topological polar surface area (TPSA) is 83.1 Å². The number of rotatable bonds is 8. The summed E-state index contributed by atoms with van der Waals surface area (Å²) in [5.74, 6) is 0.169. The van der Waals surface area contributed by atoms with E-state index in [0.29, 0.717) is 63.9 Å². The Morgan fingerprint density at radius 3 is 2.21 bits per heavy atom. The van der Waals surface area contributed by atoms with Gasteiger partial charge in [0.05, 0.1) is 33.0 Å². The molecule has 8 heteroatoms. The van der Waals surface area contributed by atoms with Crippen molar-refractivity contribution in [3.63, 3.8) is 0 Å². The van der Waals surface area contributed by atoms with Crippen molar-refractivity contribution in [3.05, 3.63) is 75.1 Å². The molecule has 1 N–H and O–H groups in total. The summed E-state index contributed by atoms with van der Waals surface area (Å²) in [6, 6.07) is 11.2. The number of methoxy groups -OCH3 is 3. The van der Waals surface area contributed by atoms with E-state index in [9.17, 15) is 9.59 Å². The van der Waals surface area contributed by atoms with E-state index < -0.39 is 11.9 Å². The molecule has 7 nitrogen and oxygen atoms in total. The Hall–Kier alpha value is -3.45. The molecule has 3 atom stereocenters. The highest BCUT2D eigenvalue weighted by Gasteiger charge is 2.42. The lowest BCUT2D eigenvalue weighted by atomic mass is 9.71. The molecule has 4 rings (SSSR count). The van der Waals surface area contributed by atoms with Crippen LogP contribution in [0.1, 0.15) is 63.0 Å². The molecule has 2 aromatic carbocycles. The summed E-state index contributed by atoms with van der Waals surface area (Å²) in [4.78, 5) is 27.4. The van der Waals surface area contributed by atoms with E-state index in [1.165, 1.54) is 21.3 Å². The van der Waals surface area contributed by atoms with Gasteiger partial charge >= 0.3 is 5.97 Å². The third-order valence-electron chi connectivity index (χ3n) is 7.29. The lowest BCUT2D eigenvalue weighted by molar-refractivity contribution is -0.144. The molecule has 1 aliphatic heterocycles. The van der Waals surface area contributed by atoms with Crippen LogP contribution in [0, 0.1) is 0 Å². The summed E-state index contributed by atoms with van der Waals surface area (Å²) in [7, 11) is 4.61. The number of allylic oxidation sites excluding steroid dienone is 3. The number of ketones is 1. The maximum Gasteiger partial charge on any atom is 0.337 e. The van der Waals surface area contributed by atoms with Gasteiger partial charge in [0, 0.05) is 34.3 Å². The van der Waals surface area contributed by atoms with E-state index in [0.717, 1.165) is 11.3 Å². The standard InChI is InChI=1S/C30H34ClNO6/c1-7-16(2)38-30(34)26-17(3)32-22-12-19(18-8-10-21(31)11-9-18)13-23(33)28(22)27(26)20-14-24(35-4)29(37-6)25(15-20)36-5/h8-11,14-16,19,27,32H,7,12-13H2,1-6H3/t16-,19-,27-/m0/s1. The minimum atomic E-state index is -0.657. The number of nitrogens with one attached hydrogen (secondary N) is 1. The van der Waals surface area contributed by atoms with Crippen molar-refractivity contribution in [1.82, 2.24) is 5.32 Å². The fourth-order valence-electron chi connectivity index (χ4n) is 5.21. The van der Waals surface area contributed by atoms with Crippen LogP contribution in [0.15, 0.2) is 58.9 Å². The zero-order valence-corrected chi connectivity index (χ0v) is 23.4. The Balaban J connectivity index is 1.87. The molecule has 202 valence electrons. The number of dihydropyridines is 1. The molecule has 0 saturated carbocycles. The first-order valence-corrected chi connectivity index (χ1v) is 13.1. The fraction of sp³-hybridized carbons (Fsp3) is 0.400. The van der Waals surface area contributed by atoms with Crippen molar-refractivity contribution in [1.29, 1.82) is 0 Å².